The molecular weight excluding hydrogens is 198 g/mol. The molecule has 0 fully saturated rings. The Balaban J connectivity index is 2.42. The maximum Gasteiger partial charge on any atom is 0.141 e. The third-order valence-electron chi connectivity index (χ3n) is 2.08. The van der Waals surface area contributed by atoms with Crippen molar-refractivity contribution >= 4 is 10.8 Å². The van der Waals surface area contributed by atoms with Crippen LogP contribution in [0.5, 0.6) is 0 Å². The molecule has 3 heterocycles. The Kier molecular flexibility index (Phi) is 1.49. The third kappa shape index (κ3) is 0.871. The smallest absolute Gasteiger partial charge is 0.141 e. The molecule has 14 heavy (non-hydrogen) atoms. The van der Waals surface area contributed by atoms with E-state index in [2.05, 4.69) is 15.0 Å². The van der Waals surface area contributed by atoms with Crippen molar-refractivity contribution in [3.05, 3.63) is 30.9 Å². The second-order valence-corrected chi connectivity index (χ2v) is 4.22. The zero-order chi connectivity index (χ0) is 9.54. The van der Waals surface area contributed by atoms with Crippen LogP contribution in [-0.2, 0) is 10.8 Å². The molecule has 0 radical (unpaired) electrons. The monoisotopic (exact) mass is 203 g/mol. The third-order valence-corrected chi connectivity index (χ3v) is 3.46. The minimum Gasteiger partial charge on any atom is -0.247 e. The van der Waals surface area contributed by atoms with Crippen LogP contribution in [0.25, 0.3) is 11.3 Å². The molecule has 3 rings (SSSR count). The summed E-state index contributed by atoms with van der Waals surface area (Å²) in [6.07, 6.45) is 4.67. The molecule has 5 heteroatoms. The lowest BCUT2D eigenvalue weighted by molar-refractivity contribution is 0.682. The number of nitrogens with zero attached hydrogens (tertiary/aromatic N) is 3. The lowest BCUT2D eigenvalue weighted by Gasteiger charge is -1.93. The van der Waals surface area contributed by atoms with E-state index in [9.17, 15) is 4.21 Å². The second-order valence-electron chi connectivity index (χ2n) is 2.86. The number of fused-ring (bicyclic) bond motifs is 3. The van der Waals surface area contributed by atoms with Crippen LogP contribution < -0.4 is 0 Å². The Morgan fingerprint density at radius 3 is 3.14 bits per heavy atom. The van der Waals surface area contributed by atoms with E-state index in [-0.39, 0.29) is 0 Å². The van der Waals surface area contributed by atoms with Gasteiger partial charge in [0.15, 0.2) is 0 Å². The number of hydrogen-bond donors (Lipinski definition) is 0. The van der Waals surface area contributed by atoms with Crippen molar-refractivity contribution in [2.24, 2.45) is 0 Å². The van der Waals surface area contributed by atoms with Gasteiger partial charge in [0.25, 0.3) is 0 Å². The van der Waals surface area contributed by atoms with Crippen molar-refractivity contribution in [3.63, 3.8) is 0 Å². The van der Waals surface area contributed by atoms with E-state index in [1.807, 2.05) is 12.1 Å². The summed E-state index contributed by atoms with van der Waals surface area (Å²) in [5, 5.41) is 0.586. The molecule has 0 spiro atoms. The number of aromatic nitrogens is 3. The summed E-state index contributed by atoms with van der Waals surface area (Å²) in [7, 11) is -1.21. The normalized spacial score (nSPS) is 17.6. The molecule has 0 N–H and O–H groups in total. The van der Waals surface area contributed by atoms with Crippen LogP contribution in [0.15, 0.2) is 40.8 Å². The first-order valence-electron chi connectivity index (χ1n) is 4.05. The molecule has 1 unspecified atom stereocenters. The topological polar surface area (TPSA) is 55.7 Å². The summed E-state index contributed by atoms with van der Waals surface area (Å²) >= 11 is 0. The molecule has 0 bridgehead atoms. The van der Waals surface area contributed by atoms with E-state index < -0.39 is 10.8 Å². The van der Waals surface area contributed by atoms with Gasteiger partial charge in [0, 0.05) is 18.0 Å². The molecule has 0 amide bonds. The van der Waals surface area contributed by atoms with Crippen LogP contribution in [0.2, 0.25) is 0 Å². The van der Waals surface area contributed by atoms with E-state index in [1.54, 1.807) is 12.4 Å². The molecule has 1 atom stereocenters. The lowest BCUT2D eigenvalue weighted by Crippen LogP contribution is -1.89. The minimum atomic E-state index is -1.21. The maximum absolute atomic E-state index is 11.9. The predicted octanol–water partition coefficient (Wildman–Crippen LogP) is 1.02. The van der Waals surface area contributed by atoms with Crippen molar-refractivity contribution in [2.45, 2.75) is 9.92 Å². The van der Waals surface area contributed by atoms with Gasteiger partial charge < -0.3 is 0 Å². The molecule has 0 aliphatic carbocycles. The molecule has 0 saturated carbocycles. The quantitative estimate of drug-likeness (QED) is 0.547. The van der Waals surface area contributed by atoms with E-state index in [1.165, 1.54) is 6.33 Å². The van der Waals surface area contributed by atoms with Crippen molar-refractivity contribution in [3.8, 4) is 11.3 Å². The van der Waals surface area contributed by atoms with Crippen LogP contribution >= 0.6 is 0 Å². The van der Waals surface area contributed by atoms with Gasteiger partial charge in [0.1, 0.15) is 22.2 Å². The van der Waals surface area contributed by atoms with Crippen LogP contribution in [0.3, 0.4) is 0 Å². The second kappa shape index (κ2) is 2.68. The molecule has 4 nitrogen and oxygen atoms in total. The van der Waals surface area contributed by atoms with Crippen molar-refractivity contribution < 1.29 is 4.21 Å². The molecule has 68 valence electrons. The summed E-state index contributed by atoms with van der Waals surface area (Å²) in [4.78, 5) is 12.7. The highest BCUT2D eigenvalue weighted by molar-refractivity contribution is 7.85. The van der Waals surface area contributed by atoms with E-state index in [0.717, 1.165) is 11.3 Å². The fourth-order valence-corrected chi connectivity index (χ4v) is 2.70. The Morgan fingerprint density at radius 2 is 2.21 bits per heavy atom. The fourth-order valence-electron chi connectivity index (χ4n) is 1.48. The van der Waals surface area contributed by atoms with Gasteiger partial charge in [0.2, 0.25) is 0 Å². The van der Waals surface area contributed by atoms with Gasteiger partial charge in [-0.2, -0.15) is 0 Å². The standard InChI is InChI=1S/C9H5N3OS/c13-14-7-4-10-5-12-8(7)6-2-1-3-11-9(6)14/h1-5H. The first-order chi connectivity index (χ1) is 6.88. The molecule has 2 aromatic heterocycles. The maximum atomic E-state index is 11.9. The van der Waals surface area contributed by atoms with Crippen LogP contribution in [0, 0.1) is 0 Å². The SMILES string of the molecule is O=S1c2cncnc2-c2cccnc21. The highest BCUT2D eigenvalue weighted by Crippen LogP contribution is 2.36. The zero-order valence-electron chi connectivity index (χ0n) is 7.04. The zero-order valence-corrected chi connectivity index (χ0v) is 7.86. The molecule has 1 aliphatic heterocycles. The summed E-state index contributed by atoms with van der Waals surface area (Å²) in [6.45, 7) is 0. The van der Waals surface area contributed by atoms with Gasteiger partial charge in [-0.05, 0) is 12.1 Å². The van der Waals surface area contributed by atoms with Crippen LogP contribution in [-0.4, -0.2) is 19.2 Å². The first-order valence-corrected chi connectivity index (χ1v) is 5.20. The fraction of sp³-hybridized carbons (Fsp3) is 0. The number of pyridine rings is 1. The largest absolute Gasteiger partial charge is 0.247 e. The summed E-state index contributed by atoms with van der Waals surface area (Å²) in [5.74, 6) is 0. The molecular formula is C9H5N3OS. The predicted molar refractivity (Wildman–Crippen MR) is 49.9 cm³/mol. The minimum absolute atomic E-state index is 0.586. The van der Waals surface area contributed by atoms with Gasteiger partial charge in [-0.1, -0.05) is 0 Å². The van der Waals surface area contributed by atoms with Gasteiger partial charge >= 0.3 is 0 Å². The van der Waals surface area contributed by atoms with Crippen molar-refractivity contribution in [2.75, 3.05) is 0 Å². The summed E-state index contributed by atoms with van der Waals surface area (Å²) in [5.41, 5.74) is 1.59. The Labute approximate surface area is 82.5 Å². The first kappa shape index (κ1) is 7.75. The average molecular weight is 203 g/mol. The van der Waals surface area contributed by atoms with Gasteiger partial charge in [-0.3, -0.25) is 0 Å². The number of hydrogen-bond acceptors (Lipinski definition) is 4. The van der Waals surface area contributed by atoms with Gasteiger partial charge in [-0.25, -0.2) is 19.2 Å². The van der Waals surface area contributed by atoms with Crippen molar-refractivity contribution in [1.29, 1.82) is 0 Å². The summed E-state index contributed by atoms with van der Waals surface area (Å²) in [6, 6.07) is 3.69. The van der Waals surface area contributed by atoms with E-state index in [0.29, 0.717) is 9.92 Å². The molecule has 1 aliphatic rings. The Hall–Kier alpha value is -1.62. The van der Waals surface area contributed by atoms with Crippen LogP contribution in [0.4, 0.5) is 0 Å². The van der Waals surface area contributed by atoms with Crippen molar-refractivity contribution in [1.82, 2.24) is 15.0 Å². The Morgan fingerprint density at radius 1 is 1.29 bits per heavy atom. The van der Waals surface area contributed by atoms with Gasteiger partial charge in [0.05, 0.1) is 10.6 Å². The molecule has 0 saturated heterocycles. The van der Waals surface area contributed by atoms with Gasteiger partial charge in [-0.15, -0.1) is 0 Å². The Bertz CT molecular complexity index is 494. The van der Waals surface area contributed by atoms with E-state index in [4.69, 9.17) is 0 Å². The number of rotatable bonds is 0. The lowest BCUT2D eigenvalue weighted by atomic mass is 10.2. The molecule has 0 aromatic carbocycles. The van der Waals surface area contributed by atoms with E-state index >= 15 is 0 Å². The highest BCUT2D eigenvalue weighted by Gasteiger charge is 2.27. The summed E-state index contributed by atoms with van der Waals surface area (Å²) < 4.78 is 11.9. The van der Waals surface area contributed by atoms with Crippen LogP contribution in [0.1, 0.15) is 0 Å². The molecule has 2 aromatic rings. The average Bonchev–Trinajstić information content (AvgIpc) is 2.55. The highest BCUT2D eigenvalue weighted by atomic mass is 32.2.